The number of carbonyl (C=O) groups is 1. The van der Waals surface area contributed by atoms with Crippen molar-refractivity contribution in [1.29, 1.82) is 0 Å². The van der Waals surface area contributed by atoms with Crippen LogP contribution in [0.1, 0.15) is 58.9 Å². The van der Waals surface area contributed by atoms with Gasteiger partial charge in [0.05, 0.1) is 5.25 Å². The van der Waals surface area contributed by atoms with Gasteiger partial charge in [-0.1, -0.05) is 69.6 Å². The second-order valence-corrected chi connectivity index (χ2v) is 9.75. The Labute approximate surface area is 166 Å². The molecule has 6 heteroatoms. The fourth-order valence-corrected chi connectivity index (χ4v) is 4.21. The van der Waals surface area contributed by atoms with Crippen molar-refractivity contribution in [2.24, 2.45) is 7.05 Å². The normalized spacial score (nSPS) is 16.5. The smallest absolute Gasteiger partial charge is 0.233 e. The second kappa shape index (κ2) is 8.05. The van der Waals surface area contributed by atoms with Crippen molar-refractivity contribution in [1.82, 2.24) is 20.1 Å². The first-order valence-electron chi connectivity index (χ1n) is 9.73. The summed E-state index contributed by atoms with van der Waals surface area (Å²) < 4.78 is 1.97. The lowest BCUT2D eigenvalue weighted by molar-refractivity contribution is -0.120. The summed E-state index contributed by atoms with van der Waals surface area (Å²) in [6, 6.07) is 8.82. The van der Waals surface area contributed by atoms with Crippen molar-refractivity contribution in [3.63, 3.8) is 0 Å². The highest BCUT2D eigenvalue weighted by Crippen LogP contribution is 2.28. The summed E-state index contributed by atoms with van der Waals surface area (Å²) in [6.45, 7) is 8.55. The Hall–Kier alpha value is -1.82. The summed E-state index contributed by atoms with van der Waals surface area (Å²) in [5.41, 5.74) is 2.45. The summed E-state index contributed by atoms with van der Waals surface area (Å²) in [5, 5.41) is 12.4. The van der Waals surface area contributed by atoms with Crippen molar-refractivity contribution in [2.75, 3.05) is 0 Å². The van der Waals surface area contributed by atoms with E-state index in [1.165, 1.54) is 30.2 Å². The van der Waals surface area contributed by atoms with Crippen molar-refractivity contribution in [3.05, 3.63) is 29.8 Å². The van der Waals surface area contributed by atoms with E-state index >= 15 is 0 Å². The molecule has 0 spiro atoms. The van der Waals surface area contributed by atoms with Crippen LogP contribution in [-0.2, 0) is 17.3 Å². The summed E-state index contributed by atoms with van der Waals surface area (Å²) >= 11 is 1.46. The monoisotopic (exact) mass is 386 g/mol. The molecule has 3 rings (SSSR count). The van der Waals surface area contributed by atoms with Crippen LogP contribution in [0.25, 0.3) is 11.4 Å². The third kappa shape index (κ3) is 4.72. The van der Waals surface area contributed by atoms with Gasteiger partial charge in [-0.15, -0.1) is 10.2 Å². The second-order valence-electron chi connectivity index (χ2n) is 8.44. The molecule has 2 aromatic rings. The zero-order valence-corrected chi connectivity index (χ0v) is 17.8. The van der Waals surface area contributed by atoms with Gasteiger partial charge in [0.2, 0.25) is 5.91 Å². The van der Waals surface area contributed by atoms with E-state index in [2.05, 4.69) is 60.6 Å². The van der Waals surface area contributed by atoms with Gasteiger partial charge >= 0.3 is 0 Å². The number of benzene rings is 1. The van der Waals surface area contributed by atoms with Gasteiger partial charge in [-0.05, 0) is 30.7 Å². The maximum atomic E-state index is 12.4. The molecule has 146 valence electrons. The van der Waals surface area contributed by atoms with Gasteiger partial charge in [0.15, 0.2) is 11.0 Å². The predicted octanol–water partition coefficient (Wildman–Crippen LogP) is 4.32. The molecule has 1 aliphatic rings. The molecule has 1 aromatic heterocycles. The molecule has 0 aliphatic heterocycles. The Bertz CT molecular complexity index is 786. The van der Waals surface area contributed by atoms with E-state index in [0.29, 0.717) is 6.04 Å². The SMILES string of the molecule is C[C@H](Sc1nnc(-c2ccc(C(C)(C)C)cc2)n1C)C(=O)NC1CCCC1. The molecule has 0 unspecified atom stereocenters. The molecule has 1 atom stereocenters. The number of aromatic nitrogens is 3. The minimum absolute atomic E-state index is 0.0889. The van der Waals surface area contributed by atoms with E-state index < -0.39 is 0 Å². The highest BCUT2D eigenvalue weighted by molar-refractivity contribution is 8.00. The van der Waals surface area contributed by atoms with Crippen LogP contribution in [0.3, 0.4) is 0 Å². The molecule has 1 N–H and O–H groups in total. The molecule has 1 fully saturated rings. The van der Waals surface area contributed by atoms with E-state index in [-0.39, 0.29) is 16.6 Å². The molecule has 1 aromatic carbocycles. The molecule has 1 aliphatic carbocycles. The van der Waals surface area contributed by atoms with Gasteiger partial charge < -0.3 is 9.88 Å². The van der Waals surface area contributed by atoms with E-state index in [9.17, 15) is 4.79 Å². The van der Waals surface area contributed by atoms with Crippen LogP contribution in [0.4, 0.5) is 0 Å². The third-order valence-electron chi connectivity index (χ3n) is 5.20. The van der Waals surface area contributed by atoms with Gasteiger partial charge in [0, 0.05) is 18.7 Å². The number of hydrogen-bond donors (Lipinski definition) is 1. The molecular weight excluding hydrogens is 356 g/mol. The summed E-state index contributed by atoms with van der Waals surface area (Å²) in [4.78, 5) is 12.4. The number of thioether (sulfide) groups is 1. The minimum atomic E-state index is -0.190. The number of hydrogen-bond acceptors (Lipinski definition) is 4. The van der Waals surface area contributed by atoms with Gasteiger partial charge in [-0.3, -0.25) is 4.79 Å². The van der Waals surface area contributed by atoms with Gasteiger partial charge in [0.25, 0.3) is 0 Å². The fourth-order valence-electron chi connectivity index (χ4n) is 3.39. The van der Waals surface area contributed by atoms with Gasteiger partial charge in [0.1, 0.15) is 0 Å². The molecular formula is C21H30N4OS. The van der Waals surface area contributed by atoms with Crippen LogP contribution in [0.15, 0.2) is 29.4 Å². The number of nitrogens with one attached hydrogen (secondary N) is 1. The largest absolute Gasteiger partial charge is 0.352 e. The Morgan fingerprint density at radius 1 is 1.19 bits per heavy atom. The first kappa shape index (κ1) is 19.9. The lowest BCUT2D eigenvalue weighted by Crippen LogP contribution is -2.37. The van der Waals surface area contributed by atoms with Crippen LogP contribution in [0.2, 0.25) is 0 Å². The van der Waals surface area contributed by atoms with Crippen LogP contribution >= 0.6 is 11.8 Å². The zero-order chi connectivity index (χ0) is 19.6. The number of carbonyl (C=O) groups excluding carboxylic acids is 1. The first-order valence-corrected chi connectivity index (χ1v) is 10.6. The maximum Gasteiger partial charge on any atom is 0.233 e. The van der Waals surface area contributed by atoms with Crippen molar-refractivity contribution in [2.45, 2.75) is 75.2 Å². The topological polar surface area (TPSA) is 59.8 Å². The molecule has 5 nitrogen and oxygen atoms in total. The molecule has 27 heavy (non-hydrogen) atoms. The minimum Gasteiger partial charge on any atom is -0.352 e. The van der Waals surface area contributed by atoms with Crippen LogP contribution in [0, 0.1) is 0 Å². The molecule has 0 radical (unpaired) electrons. The van der Waals surface area contributed by atoms with E-state index in [4.69, 9.17) is 0 Å². The highest BCUT2D eigenvalue weighted by atomic mass is 32.2. The summed E-state index contributed by atoms with van der Waals surface area (Å²) in [7, 11) is 1.96. The number of amides is 1. The summed E-state index contributed by atoms with van der Waals surface area (Å²) in [6.07, 6.45) is 4.63. The van der Waals surface area contributed by atoms with Gasteiger partial charge in [-0.25, -0.2) is 0 Å². The zero-order valence-electron chi connectivity index (χ0n) is 17.0. The average molecular weight is 387 g/mol. The molecule has 0 bridgehead atoms. The molecule has 0 saturated heterocycles. The van der Waals surface area contributed by atoms with Crippen molar-refractivity contribution >= 4 is 17.7 Å². The Morgan fingerprint density at radius 2 is 1.81 bits per heavy atom. The van der Waals surface area contributed by atoms with E-state index in [0.717, 1.165) is 29.4 Å². The third-order valence-corrected chi connectivity index (χ3v) is 6.33. The van der Waals surface area contributed by atoms with E-state index in [1.54, 1.807) is 0 Å². The van der Waals surface area contributed by atoms with Crippen molar-refractivity contribution in [3.8, 4) is 11.4 Å². The standard InChI is InChI=1S/C21H30N4OS/c1-14(19(26)22-17-8-6-7-9-17)27-20-24-23-18(25(20)5)15-10-12-16(13-11-15)21(2,3)4/h10-14,17H,6-9H2,1-5H3,(H,22,26)/t14-/m0/s1. The predicted molar refractivity (Wildman–Crippen MR) is 111 cm³/mol. The fraction of sp³-hybridized carbons (Fsp3) is 0.571. The maximum absolute atomic E-state index is 12.4. The average Bonchev–Trinajstić information content (AvgIpc) is 3.25. The summed E-state index contributed by atoms with van der Waals surface area (Å²) in [5.74, 6) is 0.910. The van der Waals surface area contributed by atoms with Crippen LogP contribution in [-0.4, -0.2) is 32.0 Å². The Kier molecular flexibility index (Phi) is 5.94. The molecule has 1 saturated carbocycles. The van der Waals surface area contributed by atoms with Crippen LogP contribution in [0.5, 0.6) is 0 Å². The number of nitrogens with zero attached hydrogens (tertiary/aromatic N) is 3. The number of rotatable bonds is 5. The van der Waals surface area contributed by atoms with Gasteiger partial charge in [-0.2, -0.15) is 0 Å². The highest BCUT2D eigenvalue weighted by Gasteiger charge is 2.23. The molecule has 1 amide bonds. The van der Waals surface area contributed by atoms with E-state index in [1.807, 2.05) is 18.5 Å². The lowest BCUT2D eigenvalue weighted by atomic mass is 9.87. The Balaban J connectivity index is 1.68. The first-order chi connectivity index (χ1) is 12.8. The quantitative estimate of drug-likeness (QED) is 0.778. The van der Waals surface area contributed by atoms with Crippen molar-refractivity contribution < 1.29 is 4.79 Å². The van der Waals surface area contributed by atoms with Crippen LogP contribution < -0.4 is 5.32 Å². The Morgan fingerprint density at radius 3 is 2.41 bits per heavy atom. The molecule has 1 heterocycles. The lowest BCUT2D eigenvalue weighted by Gasteiger charge is -2.19.